The quantitative estimate of drug-likeness (QED) is 0.460. The molecular weight excluding hydrogens is 440 g/mol. The van der Waals surface area contributed by atoms with E-state index in [1.54, 1.807) is 18.2 Å². The first-order valence-corrected chi connectivity index (χ1v) is 11.5. The predicted molar refractivity (Wildman–Crippen MR) is 133 cm³/mol. The highest BCUT2D eigenvalue weighted by Crippen LogP contribution is 2.35. The standard InChI is InChI=1S/C26H29ClN2O4/c1-15-11-18(16(2)28-21-6-5-17(27)13-19(21)25(31)32)24-20(12-15)22(30)14-23(33-24)29-9-7-26(3,4)8-10-29/h5-6,11-14,16,28H,7-10H2,1-4H3,(H,31,32). The van der Waals surface area contributed by atoms with Gasteiger partial charge in [0, 0.05) is 35.4 Å². The van der Waals surface area contributed by atoms with Crippen LogP contribution in [0.2, 0.25) is 5.02 Å². The molecular formula is C26H29ClN2O4. The highest BCUT2D eigenvalue weighted by Gasteiger charge is 2.27. The van der Waals surface area contributed by atoms with Gasteiger partial charge in [0.25, 0.3) is 0 Å². The number of piperidine rings is 1. The fraction of sp³-hybridized carbons (Fsp3) is 0.385. The first-order valence-electron chi connectivity index (χ1n) is 11.2. The van der Waals surface area contributed by atoms with Crippen LogP contribution < -0.4 is 15.6 Å². The zero-order chi connectivity index (χ0) is 23.9. The number of hydrogen-bond acceptors (Lipinski definition) is 5. The van der Waals surface area contributed by atoms with Gasteiger partial charge in [0.2, 0.25) is 0 Å². The molecule has 2 N–H and O–H groups in total. The Kier molecular flexibility index (Phi) is 6.14. The molecule has 6 nitrogen and oxygen atoms in total. The maximum absolute atomic E-state index is 13.0. The fourth-order valence-electron chi connectivity index (χ4n) is 4.36. The number of hydrogen-bond donors (Lipinski definition) is 2. The van der Waals surface area contributed by atoms with Crippen LogP contribution in [-0.2, 0) is 0 Å². The summed E-state index contributed by atoms with van der Waals surface area (Å²) in [4.78, 5) is 26.9. The third kappa shape index (κ3) is 4.86. The van der Waals surface area contributed by atoms with Gasteiger partial charge < -0.3 is 19.7 Å². The highest BCUT2D eigenvalue weighted by molar-refractivity contribution is 6.31. The van der Waals surface area contributed by atoms with Gasteiger partial charge in [-0.2, -0.15) is 0 Å². The van der Waals surface area contributed by atoms with E-state index in [9.17, 15) is 14.7 Å². The molecule has 0 saturated carbocycles. The Balaban J connectivity index is 1.75. The summed E-state index contributed by atoms with van der Waals surface area (Å²) < 4.78 is 6.34. The molecule has 1 aromatic heterocycles. The number of anilines is 2. The van der Waals surface area contributed by atoms with Crippen LogP contribution in [0.3, 0.4) is 0 Å². The molecule has 0 radical (unpaired) electrons. The summed E-state index contributed by atoms with van der Waals surface area (Å²) in [6.45, 7) is 10.0. The molecule has 2 heterocycles. The molecule has 4 rings (SSSR count). The number of benzene rings is 2. The van der Waals surface area contributed by atoms with Crippen LogP contribution in [0.25, 0.3) is 11.0 Å². The van der Waals surface area contributed by atoms with Gasteiger partial charge in [0.15, 0.2) is 11.3 Å². The molecule has 1 unspecified atom stereocenters. The number of carboxylic acids is 1. The summed E-state index contributed by atoms with van der Waals surface area (Å²) in [5, 5.41) is 13.7. The van der Waals surface area contributed by atoms with E-state index in [4.69, 9.17) is 16.0 Å². The molecule has 7 heteroatoms. The van der Waals surface area contributed by atoms with Gasteiger partial charge in [-0.1, -0.05) is 31.5 Å². The molecule has 174 valence electrons. The first-order chi connectivity index (χ1) is 15.5. The minimum absolute atomic E-state index is 0.0778. The molecule has 0 amide bonds. The van der Waals surface area contributed by atoms with Crippen molar-refractivity contribution >= 4 is 40.1 Å². The number of nitrogens with one attached hydrogen (secondary N) is 1. The molecule has 0 bridgehead atoms. The second-order valence-electron chi connectivity index (χ2n) is 9.69. The molecule has 3 aromatic rings. The van der Waals surface area contributed by atoms with Crippen LogP contribution in [0.1, 0.15) is 61.1 Å². The number of aryl methyl sites for hydroxylation is 1. The van der Waals surface area contributed by atoms with E-state index in [0.29, 0.717) is 27.6 Å². The zero-order valence-electron chi connectivity index (χ0n) is 19.4. The Labute approximate surface area is 198 Å². The summed E-state index contributed by atoms with van der Waals surface area (Å²) in [5.74, 6) is -0.485. The van der Waals surface area contributed by atoms with Gasteiger partial charge in [-0.05, 0) is 61.9 Å². The summed E-state index contributed by atoms with van der Waals surface area (Å²) in [6, 6.07) is 9.80. The Morgan fingerprint density at radius 1 is 1.18 bits per heavy atom. The summed E-state index contributed by atoms with van der Waals surface area (Å²) in [6.07, 6.45) is 2.06. The predicted octanol–water partition coefficient (Wildman–Crippen LogP) is 6.25. The van der Waals surface area contributed by atoms with Gasteiger partial charge in [0.1, 0.15) is 5.58 Å². The molecule has 0 spiro atoms. The third-order valence-corrected chi connectivity index (χ3v) is 6.70. The van der Waals surface area contributed by atoms with E-state index in [0.717, 1.165) is 37.1 Å². The smallest absolute Gasteiger partial charge is 0.337 e. The van der Waals surface area contributed by atoms with E-state index >= 15 is 0 Å². The monoisotopic (exact) mass is 468 g/mol. The van der Waals surface area contributed by atoms with Crippen molar-refractivity contribution in [1.82, 2.24) is 0 Å². The van der Waals surface area contributed by atoms with Crippen molar-refractivity contribution in [2.75, 3.05) is 23.3 Å². The van der Waals surface area contributed by atoms with Crippen LogP contribution in [0.4, 0.5) is 11.6 Å². The normalized spacial score (nSPS) is 16.6. The number of nitrogens with zero attached hydrogens (tertiary/aromatic N) is 1. The van der Waals surface area contributed by atoms with Gasteiger partial charge in [0.05, 0.1) is 17.0 Å². The van der Waals surface area contributed by atoms with E-state index < -0.39 is 5.97 Å². The summed E-state index contributed by atoms with van der Waals surface area (Å²) in [5.41, 5.74) is 3.00. The Hall–Kier alpha value is -2.99. The summed E-state index contributed by atoms with van der Waals surface area (Å²) in [7, 11) is 0. The topological polar surface area (TPSA) is 82.8 Å². The number of halogens is 1. The lowest BCUT2D eigenvalue weighted by Gasteiger charge is -2.37. The average molecular weight is 469 g/mol. The van der Waals surface area contributed by atoms with Crippen molar-refractivity contribution in [3.63, 3.8) is 0 Å². The molecule has 1 aliphatic heterocycles. The lowest BCUT2D eigenvalue weighted by molar-refractivity contribution is 0.0698. The second-order valence-corrected chi connectivity index (χ2v) is 10.1. The van der Waals surface area contributed by atoms with E-state index in [1.807, 2.05) is 26.0 Å². The van der Waals surface area contributed by atoms with Crippen molar-refractivity contribution in [1.29, 1.82) is 0 Å². The van der Waals surface area contributed by atoms with Crippen LogP contribution in [0.5, 0.6) is 0 Å². The third-order valence-electron chi connectivity index (χ3n) is 6.47. The lowest BCUT2D eigenvalue weighted by Crippen LogP contribution is -2.37. The van der Waals surface area contributed by atoms with Crippen LogP contribution in [0, 0.1) is 12.3 Å². The van der Waals surface area contributed by atoms with Crippen LogP contribution in [-0.4, -0.2) is 24.2 Å². The van der Waals surface area contributed by atoms with Crippen LogP contribution >= 0.6 is 11.6 Å². The SMILES string of the molecule is Cc1cc(C(C)Nc2ccc(Cl)cc2C(=O)O)c2oc(N3CCC(C)(C)CC3)cc(=O)c2c1. The number of fused-ring (bicyclic) bond motifs is 1. The average Bonchev–Trinajstić information content (AvgIpc) is 2.74. The highest BCUT2D eigenvalue weighted by atomic mass is 35.5. The van der Waals surface area contributed by atoms with E-state index in [1.165, 1.54) is 6.07 Å². The minimum Gasteiger partial charge on any atom is -0.478 e. The number of carboxylic acid groups (broad SMARTS) is 1. The van der Waals surface area contributed by atoms with Crippen LogP contribution in [0.15, 0.2) is 45.6 Å². The minimum atomic E-state index is -1.07. The van der Waals surface area contributed by atoms with Crippen molar-refractivity contribution in [3.8, 4) is 0 Å². The van der Waals surface area contributed by atoms with E-state index in [2.05, 4.69) is 24.1 Å². The number of aromatic carboxylic acids is 1. The lowest BCUT2D eigenvalue weighted by atomic mass is 9.83. The van der Waals surface area contributed by atoms with Crippen molar-refractivity contribution in [2.24, 2.45) is 5.41 Å². The molecule has 33 heavy (non-hydrogen) atoms. The maximum Gasteiger partial charge on any atom is 0.337 e. The van der Waals surface area contributed by atoms with Gasteiger partial charge in [-0.3, -0.25) is 4.79 Å². The van der Waals surface area contributed by atoms with Gasteiger partial charge in [-0.15, -0.1) is 0 Å². The number of rotatable bonds is 5. The second kappa shape index (κ2) is 8.75. The molecule has 2 aromatic carbocycles. The van der Waals surface area contributed by atoms with Crippen molar-refractivity contribution in [3.05, 3.63) is 68.3 Å². The van der Waals surface area contributed by atoms with Gasteiger partial charge >= 0.3 is 5.97 Å². The van der Waals surface area contributed by atoms with Crippen molar-refractivity contribution in [2.45, 2.75) is 46.6 Å². The largest absolute Gasteiger partial charge is 0.478 e. The molecule has 1 saturated heterocycles. The summed E-state index contributed by atoms with van der Waals surface area (Å²) >= 11 is 5.99. The molecule has 1 aliphatic rings. The maximum atomic E-state index is 13.0. The molecule has 0 aliphatic carbocycles. The Morgan fingerprint density at radius 2 is 1.88 bits per heavy atom. The van der Waals surface area contributed by atoms with Crippen molar-refractivity contribution < 1.29 is 14.3 Å². The fourth-order valence-corrected chi connectivity index (χ4v) is 4.53. The molecule has 1 atom stereocenters. The zero-order valence-corrected chi connectivity index (χ0v) is 20.1. The van der Waals surface area contributed by atoms with Gasteiger partial charge in [-0.25, -0.2) is 4.79 Å². The Bertz CT molecular complexity index is 1270. The Morgan fingerprint density at radius 3 is 2.55 bits per heavy atom. The van der Waals surface area contributed by atoms with E-state index in [-0.39, 0.29) is 22.4 Å². The number of carbonyl (C=O) groups is 1. The first kappa shape index (κ1) is 23.2. The molecule has 1 fully saturated rings.